The van der Waals surface area contributed by atoms with Crippen LogP contribution in [0.3, 0.4) is 0 Å². The number of hydrogen-bond acceptors (Lipinski definition) is 3. The fraction of sp³-hybridized carbons (Fsp3) is 0.429. The summed E-state index contributed by atoms with van der Waals surface area (Å²) in [6.07, 6.45) is 0.809. The van der Waals surface area contributed by atoms with Crippen LogP contribution in [0.2, 0.25) is 0 Å². The van der Waals surface area contributed by atoms with E-state index in [1.54, 1.807) is 6.07 Å². The molecule has 1 rings (SSSR count). The largest absolute Gasteiger partial charge is 0.362 e. The molecule has 4 nitrogen and oxygen atoms in total. The number of anilines is 1. The van der Waals surface area contributed by atoms with Crippen molar-refractivity contribution >= 4 is 33.8 Å². The number of likely N-dealkylation sites (N-methyl/N-ethyl adjacent to an activating group) is 1. The van der Waals surface area contributed by atoms with Crippen LogP contribution >= 0.6 is 15.9 Å². The third-order valence-corrected chi connectivity index (χ3v) is 3.12. The Bertz CT molecular complexity index is 461. The molecule has 1 aromatic carbocycles. The van der Waals surface area contributed by atoms with Crippen molar-refractivity contribution in [1.82, 2.24) is 5.32 Å². The van der Waals surface area contributed by atoms with Gasteiger partial charge < -0.3 is 10.2 Å². The highest BCUT2D eigenvalue weighted by atomic mass is 79.9. The van der Waals surface area contributed by atoms with E-state index in [9.17, 15) is 9.59 Å². The van der Waals surface area contributed by atoms with Crippen molar-refractivity contribution in [3.8, 4) is 0 Å². The standard InChI is InChI=1S/C14H19BrN2O2/c1-4-17(8-14(19)16-10(2)3)13-6-5-12(15)7-11(13)9-18/h5-7,9-10H,4,8H2,1-3H3,(H,16,19). The van der Waals surface area contributed by atoms with Crippen molar-refractivity contribution in [2.45, 2.75) is 26.8 Å². The number of hydrogen-bond donors (Lipinski definition) is 1. The first kappa shape index (κ1) is 15.7. The predicted octanol–water partition coefficient (Wildman–Crippen LogP) is 2.61. The molecule has 0 unspecified atom stereocenters. The van der Waals surface area contributed by atoms with Crippen molar-refractivity contribution in [2.75, 3.05) is 18.0 Å². The molecule has 1 N–H and O–H groups in total. The Morgan fingerprint density at radius 2 is 2.16 bits per heavy atom. The molecule has 0 atom stereocenters. The van der Waals surface area contributed by atoms with Gasteiger partial charge in [-0.2, -0.15) is 0 Å². The number of halogens is 1. The molecule has 0 aromatic heterocycles. The molecule has 0 bridgehead atoms. The molecule has 0 spiro atoms. The van der Waals surface area contributed by atoms with Gasteiger partial charge in [-0.15, -0.1) is 0 Å². The zero-order valence-corrected chi connectivity index (χ0v) is 13.0. The monoisotopic (exact) mass is 326 g/mol. The molecular weight excluding hydrogens is 308 g/mol. The maximum Gasteiger partial charge on any atom is 0.239 e. The lowest BCUT2D eigenvalue weighted by Crippen LogP contribution is -2.40. The van der Waals surface area contributed by atoms with Crippen LogP contribution in [-0.4, -0.2) is 31.3 Å². The molecule has 0 heterocycles. The van der Waals surface area contributed by atoms with Crippen LogP contribution in [0.4, 0.5) is 5.69 Å². The van der Waals surface area contributed by atoms with Gasteiger partial charge in [0.15, 0.2) is 6.29 Å². The topological polar surface area (TPSA) is 49.4 Å². The molecule has 0 aliphatic heterocycles. The minimum Gasteiger partial charge on any atom is -0.362 e. The minimum absolute atomic E-state index is 0.0448. The highest BCUT2D eigenvalue weighted by molar-refractivity contribution is 9.10. The van der Waals surface area contributed by atoms with Crippen molar-refractivity contribution < 1.29 is 9.59 Å². The van der Waals surface area contributed by atoms with Crippen LogP contribution in [0.5, 0.6) is 0 Å². The second-order valence-electron chi connectivity index (χ2n) is 4.56. The summed E-state index contributed by atoms with van der Waals surface area (Å²) in [6.45, 7) is 6.71. The lowest BCUT2D eigenvalue weighted by molar-refractivity contribution is -0.120. The first-order valence-electron chi connectivity index (χ1n) is 6.27. The first-order chi connectivity index (χ1) is 8.97. The average molecular weight is 327 g/mol. The van der Waals surface area contributed by atoms with Gasteiger partial charge in [0, 0.05) is 28.3 Å². The molecule has 1 amide bonds. The summed E-state index contributed by atoms with van der Waals surface area (Å²) in [6, 6.07) is 5.58. The van der Waals surface area contributed by atoms with Gasteiger partial charge in [-0.3, -0.25) is 9.59 Å². The van der Waals surface area contributed by atoms with Gasteiger partial charge in [-0.25, -0.2) is 0 Å². The van der Waals surface area contributed by atoms with Crippen LogP contribution in [0.1, 0.15) is 31.1 Å². The van der Waals surface area contributed by atoms with Gasteiger partial charge in [-0.1, -0.05) is 15.9 Å². The van der Waals surface area contributed by atoms with Crippen LogP contribution in [-0.2, 0) is 4.79 Å². The number of rotatable bonds is 6. The number of aldehydes is 1. The summed E-state index contributed by atoms with van der Waals surface area (Å²) in [7, 11) is 0. The van der Waals surface area contributed by atoms with Crippen LogP contribution < -0.4 is 10.2 Å². The van der Waals surface area contributed by atoms with E-state index in [0.29, 0.717) is 12.1 Å². The van der Waals surface area contributed by atoms with Gasteiger partial charge in [0.2, 0.25) is 5.91 Å². The second kappa shape index (κ2) is 7.28. The zero-order chi connectivity index (χ0) is 14.4. The number of nitrogens with one attached hydrogen (secondary N) is 1. The Morgan fingerprint density at radius 1 is 1.47 bits per heavy atom. The Balaban J connectivity index is 2.91. The lowest BCUT2D eigenvalue weighted by atomic mass is 10.1. The summed E-state index contributed by atoms with van der Waals surface area (Å²) in [5, 5.41) is 2.85. The fourth-order valence-electron chi connectivity index (χ4n) is 1.82. The summed E-state index contributed by atoms with van der Waals surface area (Å²) in [5.41, 5.74) is 1.35. The molecule has 0 saturated carbocycles. The molecule has 19 heavy (non-hydrogen) atoms. The molecular formula is C14H19BrN2O2. The van der Waals surface area contributed by atoms with Crippen LogP contribution in [0, 0.1) is 0 Å². The molecule has 5 heteroatoms. The van der Waals surface area contributed by atoms with Crippen molar-refractivity contribution in [1.29, 1.82) is 0 Å². The minimum atomic E-state index is -0.0448. The summed E-state index contributed by atoms with van der Waals surface area (Å²) < 4.78 is 0.848. The summed E-state index contributed by atoms with van der Waals surface area (Å²) in [5.74, 6) is -0.0448. The maximum atomic E-state index is 11.8. The fourth-order valence-corrected chi connectivity index (χ4v) is 2.19. The van der Waals surface area contributed by atoms with E-state index in [1.807, 2.05) is 37.8 Å². The Kier molecular flexibility index (Phi) is 6.02. The zero-order valence-electron chi connectivity index (χ0n) is 11.4. The molecule has 0 saturated heterocycles. The Morgan fingerprint density at radius 3 is 2.68 bits per heavy atom. The van der Waals surface area contributed by atoms with Gasteiger partial charge in [0.05, 0.1) is 6.54 Å². The SMILES string of the molecule is CCN(CC(=O)NC(C)C)c1ccc(Br)cc1C=O. The van der Waals surface area contributed by atoms with E-state index in [1.165, 1.54) is 0 Å². The van der Waals surface area contributed by atoms with E-state index in [-0.39, 0.29) is 18.5 Å². The number of carbonyl (C=O) groups is 2. The highest BCUT2D eigenvalue weighted by Crippen LogP contribution is 2.23. The summed E-state index contributed by atoms with van der Waals surface area (Å²) in [4.78, 5) is 24.8. The van der Waals surface area contributed by atoms with E-state index < -0.39 is 0 Å². The summed E-state index contributed by atoms with van der Waals surface area (Å²) >= 11 is 3.34. The molecule has 0 aliphatic carbocycles. The highest BCUT2D eigenvalue weighted by Gasteiger charge is 2.14. The Hall–Kier alpha value is -1.36. The van der Waals surface area contributed by atoms with E-state index in [0.717, 1.165) is 16.4 Å². The van der Waals surface area contributed by atoms with Gasteiger partial charge in [0.1, 0.15) is 0 Å². The van der Waals surface area contributed by atoms with Crippen molar-refractivity contribution in [3.63, 3.8) is 0 Å². The van der Waals surface area contributed by atoms with Gasteiger partial charge >= 0.3 is 0 Å². The van der Waals surface area contributed by atoms with Gasteiger partial charge in [-0.05, 0) is 39.0 Å². The molecule has 0 radical (unpaired) electrons. The smallest absolute Gasteiger partial charge is 0.239 e. The first-order valence-corrected chi connectivity index (χ1v) is 7.06. The lowest BCUT2D eigenvalue weighted by Gasteiger charge is -2.24. The van der Waals surface area contributed by atoms with Crippen LogP contribution in [0.25, 0.3) is 0 Å². The predicted molar refractivity (Wildman–Crippen MR) is 80.7 cm³/mol. The normalized spacial score (nSPS) is 10.4. The van der Waals surface area contributed by atoms with Crippen LogP contribution in [0.15, 0.2) is 22.7 Å². The van der Waals surface area contributed by atoms with E-state index >= 15 is 0 Å². The third kappa shape index (κ3) is 4.67. The number of carbonyl (C=O) groups excluding carboxylic acids is 2. The molecule has 0 aliphatic rings. The third-order valence-electron chi connectivity index (χ3n) is 2.62. The number of nitrogens with zero attached hydrogens (tertiary/aromatic N) is 1. The Labute approximate surface area is 122 Å². The van der Waals surface area contributed by atoms with Gasteiger partial charge in [0.25, 0.3) is 0 Å². The van der Waals surface area contributed by atoms with Crippen molar-refractivity contribution in [3.05, 3.63) is 28.2 Å². The second-order valence-corrected chi connectivity index (χ2v) is 5.47. The van der Waals surface area contributed by atoms with Crippen molar-refractivity contribution in [2.24, 2.45) is 0 Å². The maximum absolute atomic E-state index is 11.8. The molecule has 0 fully saturated rings. The molecule has 104 valence electrons. The average Bonchev–Trinajstić information content (AvgIpc) is 2.35. The number of benzene rings is 1. The molecule has 1 aromatic rings. The van der Waals surface area contributed by atoms with E-state index in [2.05, 4.69) is 21.2 Å². The van der Waals surface area contributed by atoms with E-state index in [4.69, 9.17) is 0 Å². The number of amides is 1. The quantitative estimate of drug-likeness (QED) is 0.817.